The maximum Gasteiger partial charge on any atom is 0.253 e. The van der Waals surface area contributed by atoms with Gasteiger partial charge in [-0.15, -0.1) is 0 Å². The van der Waals surface area contributed by atoms with Crippen molar-refractivity contribution in [2.75, 3.05) is 27.2 Å². The van der Waals surface area contributed by atoms with Crippen molar-refractivity contribution in [3.05, 3.63) is 101 Å². The fourth-order valence-corrected chi connectivity index (χ4v) is 5.50. The number of likely N-dealkylation sites (tertiary alicyclic amines) is 1. The monoisotopic (exact) mass is 471 g/mol. The number of pyridine rings is 1. The maximum atomic E-state index is 13.6. The van der Waals surface area contributed by atoms with Crippen LogP contribution in [0.25, 0.3) is 5.57 Å². The topological polar surface area (TPSA) is 54.5 Å². The fourth-order valence-electron chi connectivity index (χ4n) is 5.50. The van der Waals surface area contributed by atoms with Gasteiger partial charge in [-0.2, -0.15) is 0 Å². The van der Waals surface area contributed by atoms with E-state index in [4.69, 9.17) is 4.74 Å². The summed E-state index contributed by atoms with van der Waals surface area (Å²) >= 11 is 0. The van der Waals surface area contributed by atoms with Gasteiger partial charge in [0.15, 0.2) is 0 Å². The van der Waals surface area contributed by atoms with Gasteiger partial charge in [0.25, 0.3) is 5.91 Å². The Morgan fingerprint density at radius 3 is 2.26 bits per heavy atom. The number of halogens is 1. The van der Waals surface area contributed by atoms with Crippen LogP contribution in [0.4, 0.5) is 4.39 Å². The quantitative estimate of drug-likeness (QED) is 0.534. The molecule has 2 aromatic carbocycles. The summed E-state index contributed by atoms with van der Waals surface area (Å²) in [5, 5.41) is 3.03. The number of carbonyl (C=O) groups is 1. The molecule has 180 valence electrons. The summed E-state index contributed by atoms with van der Waals surface area (Å²) in [5.41, 5.74) is 6.68. The van der Waals surface area contributed by atoms with Gasteiger partial charge >= 0.3 is 0 Å². The SMILES string of the molecule is COc1cncc(C(=O)N[C@H](C)c2ccc(C(=C3CC4(C3)CN(C)C4)c3ccc(F)cc3)cc2)c1. The van der Waals surface area contributed by atoms with Crippen LogP contribution in [-0.2, 0) is 0 Å². The number of aromatic nitrogens is 1. The van der Waals surface area contributed by atoms with Gasteiger partial charge in [-0.3, -0.25) is 9.78 Å². The van der Waals surface area contributed by atoms with E-state index in [1.165, 1.54) is 29.5 Å². The highest BCUT2D eigenvalue weighted by Crippen LogP contribution is 2.54. The number of hydrogen-bond acceptors (Lipinski definition) is 4. The molecule has 2 aliphatic rings. The van der Waals surface area contributed by atoms with Crippen LogP contribution < -0.4 is 10.1 Å². The van der Waals surface area contributed by atoms with Crippen LogP contribution in [-0.4, -0.2) is 43.0 Å². The van der Waals surface area contributed by atoms with Crippen LogP contribution in [0, 0.1) is 11.2 Å². The lowest BCUT2D eigenvalue weighted by Crippen LogP contribution is -2.58. The van der Waals surface area contributed by atoms with Crippen molar-refractivity contribution in [1.29, 1.82) is 0 Å². The molecular weight excluding hydrogens is 441 g/mol. The normalized spacial score (nSPS) is 17.3. The van der Waals surface area contributed by atoms with Gasteiger partial charge in [0, 0.05) is 24.7 Å². The lowest BCUT2D eigenvalue weighted by molar-refractivity contribution is -0.0106. The summed E-state index contributed by atoms with van der Waals surface area (Å²) in [6, 6.07) is 16.6. The highest BCUT2D eigenvalue weighted by atomic mass is 19.1. The first-order valence-corrected chi connectivity index (χ1v) is 11.9. The van der Waals surface area contributed by atoms with E-state index in [-0.39, 0.29) is 17.8 Å². The zero-order chi connectivity index (χ0) is 24.6. The molecule has 1 saturated carbocycles. The Morgan fingerprint density at radius 1 is 1.03 bits per heavy atom. The minimum Gasteiger partial charge on any atom is -0.495 e. The number of ether oxygens (including phenoxy) is 1. The van der Waals surface area contributed by atoms with Crippen molar-refractivity contribution in [2.24, 2.45) is 5.41 Å². The number of nitrogens with one attached hydrogen (secondary N) is 1. The Balaban J connectivity index is 1.36. The lowest BCUT2D eigenvalue weighted by atomic mass is 9.59. The van der Waals surface area contributed by atoms with Crippen molar-refractivity contribution in [3.8, 4) is 5.75 Å². The third-order valence-electron chi connectivity index (χ3n) is 7.13. The van der Waals surface area contributed by atoms with Crippen molar-refractivity contribution >= 4 is 11.5 Å². The van der Waals surface area contributed by atoms with Crippen LogP contribution in [0.15, 0.2) is 72.6 Å². The Hall–Kier alpha value is -3.51. The minimum absolute atomic E-state index is 0.179. The molecule has 2 heterocycles. The summed E-state index contributed by atoms with van der Waals surface area (Å²) in [7, 11) is 3.71. The standard InChI is InChI=1S/C29H30FN3O2/c1-19(32-28(34)23-12-26(35-3)16-31-15-23)20-4-6-21(7-5-20)27(22-8-10-25(30)11-9-22)24-13-29(14-24)17-33(2)18-29/h4-12,15-16,19H,13-14,17-18H2,1-3H3,(H,32,34)/t19-/m1/s1. The van der Waals surface area contributed by atoms with Gasteiger partial charge in [0.2, 0.25) is 0 Å². The molecule has 0 radical (unpaired) electrons. The molecule has 5 nitrogen and oxygen atoms in total. The molecule has 5 rings (SSSR count). The molecule has 0 bridgehead atoms. The lowest BCUT2D eigenvalue weighted by Gasteiger charge is -2.56. The van der Waals surface area contributed by atoms with E-state index in [1.807, 2.05) is 19.1 Å². The summed E-state index contributed by atoms with van der Waals surface area (Å²) in [5.74, 6) is 0.115. The molecule has 1 aliphatic carbocycles. The molecule has 0 unspecified atom stereocenters. The average Bonchev–Trinajstić information content (AvgIpc) is 2.83. The molecule has 1 aliphatic heterocycles. The summed E-state index contributed by atoms with van der Waals surface area (Å²) in [6.45, 7) is 4.25. The molecule has 1 aromatic heterocycles. The molecule has 1 spiro atoms. The molecule has 3 aromatic rings. The number of allylic oxidation sites excluding steroid dienone is 1. The predicted molar refractivity (Wildman–Crippen MR) is 135 cm³/mol. The van der Waals surface area contributed by atoms with Crippen molar-refractivity contribution in [1.82, 2.24) is 15.2 Å². The van der Waals surface area contributed by atoms with E-state index in [0.717, 1.165) is 42.6 Å². The Morgan fingerprint density at radius 2 is 1.66 bits per heavy atom. The molecule has 2 fully saturated rings. The van der Waals surface area contributed by atoms with Crippen molar-refractivity contribution < 1.29 is 13.9 Å². The van der Waals surface area contributed by atoms with Gasteiger partial charge in [-0.25, -0.2) is 4.39 Å². The number of benzene rings is 2. The highest BCUT2D eigenvalue weighted by Gasteiger charge is 2.49. The summed E-state index contributed by atoms with van der Waals surface area (Å²) in [4.78, 5) is 19.1. The van der Waals surface area contributed by atoms with Crippen LogP contribution in [0.1, 0.15) is 52.9 Å². The van der Waals surface area contributed by atoms with E-state index < -0.39 is 0 Å². The molecule has 35 heavy (non-hydrogen) atoms. The Kier molecular flexibility index (Phi) is 6.15. The van der Waals surface area contributed by atoms with E-state index in [1.54, 1.807) is 19.4 Å². The predicted octanol–water partition coefficient (Wildman–Crippen LogP) is 5.25. The number of hydrogen-bond donors (Lipinski definition) is 1. The molecule has 1 atom stereocenters. The maximum absolute atomic E-state index is 13.6. The second-order valence-electron chi connectivity index (χ2n) is 9.94. The van der Waals surface area contributed by atoms with Gasteiger partial charge in [-0.05, 0) is 67.3 Å². The molecule has 6 heteroatoms. The first-order valence-electron chi connectivity index (χ1n) is 11.9. The van der Waals surface area contributed by atoms with Crippen LogP contribution in [0.2, 0.25) is 0 Å². The van der Waals surface area contributed by atoms with Gasteiger partial charge in [-0.1, -0.05) is 42.0 Å². The third kappa shape index (κ3) is 4.71. The Labute approximate surface area is 205 Å². The molecule has 1 saturated heterocycles. The van der Waals surface area contributed by atoms with Gasteiger partial charge in [0.1, 0.15) is 11.6 Å². The van der Waals surface area contributed by atoms with E-state index >= 15 is 0 Å². The highest BCUT2D eigenvalue weighted by molar-refractivity contribution is 5.94. The van der Waals surface area contributed by atoms with Crippen LogP contribution in [0.5, 0.6) is 5.75 Å². The largest absolute Gasteiger partial charge is 0.495 e. The number of amides is 1. The zero-order valence-corrected chi connectivity index (χ0v) is 20.3. The fraction of sp³-hybridized carbons (Fsp3) is 0.310. The number of rotatable bonds is 6. The summed E-state index contributed by atoms with van der Waals surface area (Å²) in [6.07, 6.45) is 5.28. The number of methoxy groups -OCH3 is 1. The molecular formula is C29H30FN3O2. The minimum atomic E-state index is -0.227. The second kappa shape index (κ2) is 9.27. The van der Waals surface area contributed by atoms with E-state index in [9.17, 15) is 9.18 Å². The summed E-state index contributed by atoms with van der Waals surface area (Å²) < 4.78 is 18.8. The van der Waals surface area contributed by atoms with E-state index in [0.29, 0.717) is 16.7 Å². The van der Waals surface area contributed by atoms with Gasteiger partial charge in [0.05, 0.1) is 24.9 Å². The van der Waals surface area contributed by atoms with Crippen molar-refractivity contribution in [3.63, 3.8) is 0 Å². The zero-order valence-electron chi connectivity index (χ0n) is 20.3. The second-order valence-corrected chi connectivity index (χ2v) is 9.94. The van der Waals surface area contributed by atoms with E-state index in [2.05, 4.69) is 46.5 Å². The third-order valence-corrected chi connectivity index (χ3v) is 7.13. The number of carbonyl (C=O) groups excluding carboxylic acids is 1. The molecule has 1 N–H and O–H groups in total. The average molecular weight is 472 g/mol. The Bertz CT molecular complexity index is 1250. The van der Waals surface area contributed by atoms with Crippen molar-refractivity contribution in [2.45, 2.75) is 25.8 Å². The van der Waals surface area contributed by atoms with Crippen LogP contribution in [0.3, 0.4) is 0 Å². The first kappa shape index (κ1) is 23.2. The number of nitrogens with zero attached hydrogens (tertiary/aromatic N) is 2. The van der Waals surface area contributed by atoms with Gasteiger partial charge < -0.3 is 15.0 Å². The smallest absolute Gasteiger partial charge is 0.253 e. The van der Waals surface area contributed by atoms with Crippen LogP contribution >= 0.6 is 0 Å². The molecule has 1 amide bonds. The first-order chi connectivity index (χ1) is 16.9.